The summed E-state index contributed by atoms with van der Waals surface area (Å²) in [7, 11) is 0. The summed E-state index contributed by atoms with van der Waals surface area (Å²) in [5.41, 5.74) is 8.41. The van der Waals surface area contributed by atoms with Gasteiger partial charge < -0.3 is 10.6 Å². The molecule has 0 aromatic heterocycles. The van der Waals surface area contributed by atoms with Crippen molar-refractivity contribution in [3.63, 3.8) is 0 Å². The molecule has 2 nitrogen and oxygen atoms in total. The fourth-order valence-electron chi connectivity index (χ4n) is 2.96. The number of halogens is 1. The van der Waals surface area contributed by atoms with Crippen LogP contribution in [0.1, 0.15) is 45.6 Å². The van der Waals surface area contributed by atoms with E-state index < -0.39 is 0 Å². The van der Waals surface area contributed by atoms with E-state index in [1.54, 1.807) is 12.1 Å². The largest absolute Gasteiger partial charge is 0.366 e. The van der Waals surface area contributed by atoms with Crippen LogP contribution in [-0.4, -0.2) is 18.1 Å². The molecule has 1 heterocycles. The molecule has 0 aliphatic carbocycles. The summed E-state index contributed by atoms with van der Waals surface area (Å²) in [5.74, 6) is -0.168. The van der Waals surface area contributed by atoms with Gasteiger partial charge in [0.1, 0.15) is 5.82 Å². The van der Waals surface area contributed by atoms with Crippen LogP contribution in [0.4, 0.5) is 10.1 Å². The topological polar surface area (TPSA) is 29.3 Å². The number of hydrogen-bond acceptors (Lipinski definition) is 2. The van der Waals surface area contributed by atoms with Crippen LogP contribution in [-0.2, 0) is 6.42 Å². The highest BCUT2D eigenvalue weighted by molar-refractivity contribution is 5.57. The van der Waals surface area contributed by atoms with Crippen molar-refractivity contribution in [2.75, 3.05) is 11.4 Å². The van der Waals surface area contributed by atoms with Gasteiger partial charge in [-0.1, -0.05) is 6.92 Å². The zero-order chi connectivity index (χ0) is 14.0. The second-order valence-electron chi connectivity index (χ2n) is 6.21. The molecule has 3 heteroatoms. The molecule has 1 atom stereocenters. The van der Waals surface area contributed by atoms with Crippen molar-refractivity contribution in [2.45, 2.75) is 58.0 Å². The first-order valence-corrected chi connectivity index (χ1v) is 7.25. The molecular weight excluding hydrogens is 239 g/mol. The Morgan fingerprint density at radius 1 is 1.42 bits per heavy atom. The summed E-state index contributed by atoms with van der Waals surface area (Å²) in [5, 5.41) is 0. The Morgan fingerprint density at radius 3 is 2.74 bits per heavy atom. The molecule has 106 valence electrons. The average molecular weight is 264 g/mol. The van der Waals surface area contributed by atoms with E-state index in [0.29, 0.717) is 0 Å². The van der Waals surface area contributed by atoms with Gasteiger partial charge in [0, 0.05) is 23.8 Å². The maximum atomic E-state index is 13.5. The molecule has 1 aliphatic heterocycles. The Balaban J connectivity index is 2.34. The van der Waals surface area contributed by atoms with Gasteiger partial charge in [-0.05, 0) is 63.3 Å². The lowest BCUT2D eigenvalue weighted by Crippen LogP contribution is -2.39. The predicted molar refractivity (Wildman–Crippen MR) is 79.0 cm³/mol. The highest BCUT2D eigenvalue weighted by atomic mass is 19.1. The third-order valence-corrected chi connectivity index (χ3v) is 4.24. The van der Waals surface area contributed by atoms with Crippen LogP contribution in [0, 0.1) is 5.82 Å². The molecular formula is C16H25FN2. The lowest BCUT2D eigenvalue weighted by molar-refractivity contribution is 0.514. The Labute approximate surface area is 115 Å². The average Bonchev–Trinajstić information content (AvgIpc) is 2.69. The van der Waals surface area contributed by atoms with E-state index in [0.717, 1.165) is 30.6 Å². The smallest absolute Gasteiger partial charge is 0.123 e. The van der Waals surface area contributed by atoms with Crippen LogP contribution in [0.5, 0.6) is 0 Å². The van der Waals surface area contributed by atoms with Gasteiger partial charge in [-0.3, -0.25) is 0 Å². The molecule has 1 aromatic rings. The van der Waals surface area contributed by atoms with Gasteiger partial charge in [0.15, 0.2) is 0 Å². The van der Waals surface area contributed by atoms with Crippen LogP contribution in [0.25, 0.3) is 0 Å². The van der Waals surface area contributed by atoms with Crippen LogP contribution in [0.2, 0.25) is 0 Å². The van der Waals surface area contributed by atoms with Crippen molar-refractivity contribution in [1.29, 1.82) is 0 Å². The van der Waals surface area contributed by atoms with Gasteiger partial charge in [-0.15, -0.1) is 0 Å². The third-order valence-electron chi connectivity index (χ3n) is 4.24. The Morgan fingerprint density at radius 2 is 2.16 bits per heavy atom. The van der Waals surface area contributed by atoms with Gasteiger partial charge in [0.25, 0.3) is 0 Å². The maximum Gasteiger partial charge on any atom is 0.123 e. The quantitative estimate of drug-likeness (QED) is 0.902. The maximum absolute atomic E-state index is 13.5. The second-order valence-corrected chi connectivity index (χ2v) is 6.21. The molecule has 19 heavy (non-hydrogen) atoms. The van der Waals surface area contributed by atoms with Crippen LogP contribution in [0.3, 0.4) is 0 Å². The fourth-order valence-corrected chi connectivity index (χ4v) is 2.96. The zero-order valence-corrected chi connectivity index (χ0v) is 12.2. The molecule has 0 bridgehead atoms. The van der Waals surface area contributed by atoms with Crippen molar-refractivity contribution in [1.82, 2.24) is 0 Å². The Bertz CT molecular complexity index is 442. The molecule has 1 fully saturated rings. The number of rotatable bonds is 4. The van der Waals surface area contributed by atoms with E-state index in [2.05, 4.69) is 25.7 Å². The van der Waals surface area contributed by atoms with Crippen molar-refractivity contribution < 1.29 is 4.39 Å². The van der Waals surface area contributed by atoms with Crippen LogP contribution >= 0.6 is 0 Å². The highest BCUT2D eigenvalue weighted by Gasteiger charge is 2.33. The number of nitrogens with zero attached hydrogens (tertiary/aromatic N) is 1. The first-order chi connectivity index (χ1) is 8.94. The lowest BCUT2D eigenvalue weighted by Gasteiger charge is -2.35. The highest BCUT2D eigenvalue weighted by Crippen LogP contribution is 2.36. The minimum Gasteiger partial charge on any atom is -0.366 e. The SMILES string of the molecule is CCC(N)Cc1cc(F)ccc1N1CCCC1(C)C. The number of nitrogens with two attached hydrogens (primary N) is 1. The van der Waals surface area contributed by atoms with E-state index >= 15 is 0 Å². The minimum atomic E-state index is -0.168. The molecule has 2 rings (SSSR count). The van der Waals surface area contributed by atoms with E-state index in [1.165, 1.54) is 12.8 Å². The molecule has 1 saturated heterocycles. The molecule has 1 aromatic carbocycles. The summed E-state index contributed by atoms with van der Waals surface area (Å²) < 4.78 is 13.5. The molecule has 0 spiro atoms. The summed E-state index contributed by atoms with van der Waals surface area (Å²) >= 11 is 0. The van der Waals surface area contributed by atoms with Crippen LogP contribution < -0.4 is 10.6 Å². The Kier molecular flexibility index (Phi) is 4.14. The van der Waals surface area contributed by atoms with E-state index in [-0.39, 0.29) is 17.4 Å². The van der Waals surface area contributed by atoms with Gasteiger partial charge in [0.05, 0.1) is 0 Å². The first kappa shape index (κ1) is 14.3. The monoisotopic (exact) mass is 264 g/mol. The first-order valence-electron chi connectivity index (χ1n) is 7.25. The summed E-state index contributed by atoms with van der Waals surface area (Å²) in [6.07, 6.45) is 4.04. The molecule has 2 N–H and O–H groups in total. The predicted octanol–water partition coefficient (Wildman–Crippen LogP) is 3.48. The minimum absolute atomic E-state index is 0.103. The normalized spacial score (nSPS) is 19.7. The number of hydrogen-bond donors (Lipinski definition) is 1. The van der Waals surface area contributed by atoms with Gasteiger partial charge in [-0.25, -0.2) is 4.39 Å². The standard InChI is InChI=1S/C16H25FN2/c1-4-14(18)11-12-10-13(17)6-7-15(12)19-9-5-8-16(19,2)3/h6-7,10,14H,4-5,8-9,11,18H2,1-3H3. The van der Waals surface area contributed by atoms with E-state index in [9.17, 15) is 4.39 Å². The molecule has 0 radical (unpaired) electrons. The molecule has 0 saturated carbocycles. The van der Waals surface area contributed by atoms with Crippen molar-refractivity contribution >= 4 is 5.69 Å². The molecule has 1 unspecified atom stereocenters. The van der Waals surface area contributed by atoms with Crippen molar-refractivity contribution in [3.8, 4) is 0 Å². The Hall–Kier alpha value is -1.09. The summed E-state index contributed by atoms with van der Waals surface area (Å²) in [6.45, 7) is 7.64. The fraction of sp³-hybridized carbons (Fsp3) is 0.625. The van der Waals surface area contributed by atoms with Gasteiger partial charge in [0.2, 0.25) is 0 Å². The number of anilines is 1. The zero-order valence-electron chi connectivity index (χ0n) is 12.2. The van der Waals surface area contributed by atoms with E-state index in [1.807, 2.05) is 6.07 Å². The second kappa shape index (κ2) is 5.49. The third kappa shape index (κ3) is 3.08. The van der Waals surface area contributed by atoms with Gasteiger partial charge >= 0.3 is 0 Å². The molecule has 1 aliphatic rings. The van der Waals surface area contributed by atoms with Crippen LogP contribution in [0.15, 0.2) is 18.2 Å². The lowest BCUT2D eigenvalue weighted by atomic mass is 9.98. The molecule has 0 amide bonds. The van der Waals surface area contributed by atoms with Gasteiger partial charge in [-0.2, -0.15) is 0 Å². The summed E-state index contributed by atoms with van der Waals surface area (Å²) in [4.78, 5) is 2.41. The summed E-state index contributed by atoms with van der Waals surface area (Å²) in [6, 6.07) is 5.23. The van der Waals surface area contributed by atoms with Crippen molar-refractivity contribution in [2.24, 2.45) is 5.73 Å². The number of benzene rings is 1. The van der Waals surface area contributed by atoms with E-state index in [4.69, 9.17) is 5.73 Å². The van der Waals surface area contributed by atoms with Crippen molar-refractivity contribution in [3.05, 3.63) is 29.6 Å².